The first-order valence-corrected chi connectivity index (χ1v) is 9.76. The van der Waals surface area contributed by atoms with Crippen molar-refractivity contribution in [2.45, 2.75) is 25.7 Å². The summed E-state index contributed by atoms with van der Waals surface area (Å²) >= 11 is 0. The van der Waals surface area contributed by atoms with Crippen molar-refractivity contribution >= 4 is 5.82 Å². The molecule has 0 amide bonds. The molecule has 0 aliphatic carbocycles. The highest BCUT2D eigenvalue weighted by atomic mass is 15.1. The zero-order valence-corrected chi connectivity index (χ0v) is 16.0. The number of nitrogens with zero attached hydrogens (tertiary/aromatic N) is 2. The zero-order chi connectivity index (χ0) is 18.9. The van der Waals surface area contributed by atoms with Gasteiger partial charge in [-0.15, -0.1) is 6.58 Å². The molecule has 3 nitrogen and oxygen atoms in total. The summed E-state index contributed by atoms with van der Waals surface area (Å²) in [5.41, 5.74) is 4.41. The van der Waals surface area contributed by atoms with Crippen LogP contribution in [0.3, 0.4) is 0 Å². The van der Waals surface area contributed by atoms with Crippen LogP contribution >= 0.6 is 0 Å². The first-order valence-electron chi connectivity index (χ1n) is 9.76. The van der Waals surface area contributed by atoms with Crippen molar-refractivity contribution in [1.29, 1.82) is 0 Å². The Labute approximate surface area is 163 Å². The lowest BCUT2D eigenvalue weighted by molar-refractivity contribution is 0.251. The van der Waals surface area contributed by atoms with Crippen molar-refractivity contribution in [3.63, 3.8) is 0 Å². The Bertz CT molecular complexity index is 784. The Kier molecular flexibility index (Phi) is 7.00. The first kappa shape index (κ1) is 19.1. The molecule has 1 aromatic carbocycles. The van der Waals surface area contributed by atoms with Gasteiger partial charge in [0, 0.05) is 24.0 Å². The molecular formula is C24H29N3. The third kappa shape index (κ3) is 5.93. The Morgan fingerprint density at radius 1 is 1.11 bits per heavy atom. The second-order valence-corrected chi connectivity index (χ2v) is 7.04. The highest BCUT2D eigenvalue weighted by molar-refractivity contribution is 5.65. The molecule has 0 bridgehead atoms. The van der Waals surface area contributed by atoms with E-state index in [0.717, 1.165) is 30.0 Å². The van der Waals surface area contributed by atoms with Crippen molar-refractivity contribution in [2.75, 3.05) is 25.0 Å². The Morgan fingerprint density at radius 2 is 1.96 bits per heavy atom. The molecule has 0 saturated carbocycles. The van der Waals surface area contributed by atoms with Crippen LogP contribution in [0, 0.1) is 0 Å². The van der Waals surface area contributed by atoms with Gasteiger partial charge < -0.3 is 5.32 Å². The monoisotopic (exact) mass is 359 g/mol. The molecule has 1 fully saturated rings. The molecule has 140 valence electrons. The molecule has 2 heterocycles. The number of hydrogen-bond donors (Lipinski definition) is 1. The Morgan fingerprint density at radius 3 is 2.70 bits per heavy atom. The van der Waals surface area contributed by atoms with Crippen LogP contribution in [0.1, 0.15) is 24.8 Å². The van der Waals surface area contributed by atoms with Gasteiger partial charge in [-0.1, -0.05) is 49.4 Å². The molecule has 3 rings (SSSR count). The van der Waals surface area contributed by atoms with Gasteiger partial charge in [-0.25, -0.2) is 4.98 Å². The van der Waals surface area contributed by atoms with Crippen molar-refractivity contribution in [1.82, 2.24) is 9.88 Å². The summed E-state index contributed by atoms with van der Waals surface area (Å²) in [4.78, 5) is 7.02. The average Bonchev–Trinajstić information content (AvgIpc) is 2.70. The van der Waals surface area contributed by atoms with Gasteiger partial charge in [0.05, 0.1) is 0 Å². The van der Waals surface area contributed by atoms with E-state index in [9.17, 15) is 0 Å². The number of anilines is 1. The molecule has 2 aromatic rings. The maximum absolute atomic E-state index is 4.53. The van der Waals surface area contributed by atoms with E-state index in [1.165, 1.54) is 43.5 Å². The highest BCUT2D eigenvalue weighted by Gasteiger charge is 2.07. The standard InChI is InChI=1S/C24H29N3/c1-3-9-21-11-7-12-22(18-21)23-13-14-24(25-19-23)26-20(2)10-8-17-27-15-5-4-6-16-27/h3,7-8,10-14,18-19H,1-2,4-6,9,15-17H2,(H,25,26)/b10-8+. The molecule has 1 aliphatic rings. The van der Waals surface area contributed by atoms with E-state index in [0.29, 0.717) is 0 Å². The molecule has 0 atom stereocenters. The van der Waals surface area contributed by atoms with Gasteiger partial charge in [-0.3, -0.25) is 4.90 Å². The highest BCUT2D eigenvalue weighted by Crippen LogP contribution is 2.21. The average molecular weight is 360 g/mol. The minimum Gasteiger partial charge on any atom is -0.341 e. The molecule has 1 saturated heterocycles. The number of hydrogen-bond acceptors (Lipinski definition) is 3. The van der Waals surface area contributed by atoms with E-state index in [1.54, 1.807) is 0 Å². The molecule has 3 heteroatoms. The first-order chi connectivity index (χ1) is 13.2. The Hall–Kier alpha value is -2.65. The van der Waals surface area contributed by atoms with Crippen LogP contribution in [-0.2, 0) is 6.42 Å². The predicted molar refractivity (Wildman–Crippen MR) is 116 cm³/mol. The number of nitrogens with one attached hydrogen (secondary N) is 1. The molecule has 0 radical (unpaired) electrons. The third-order valence-electron chi connectivity index (χ3n) is 4.82. The fourth-order valence-electron chi connectivity index (χ4n) is 3.38. The van der Waals surface area contributed by atoms with Crippen LogP contribution in [0.5, 0.6) is 0 Å². The molecule has 27 heavy (non-hydrogen) atoms. The molecule has 0 unspecified atom stereocenters. The maximum Gasteiger partial charge on any atom is 0.130 e. The quantitative estimate of drug-likeness (QED) is 0.502. The van der Waals surface area contributed by atoms with Crippen LogP contribution in [0.15, 0.2) is 79.7 Å². The molecular weight excluding hydrogens is 330 g/mol. The SMILES string of the molecule is C=CCc1cccc(-c2ccc(NC(=C)/C=C/CN3CCCCC3)nc2)c1. The number of allylic oxidation sites excluding steroid dienone is 2. The normalized spacial score (nSPS) is 15.0. The number of aromatic nitrogens is 1. The van der Waals surface area contributed by atoms with E-state index in [4.69, 9.17) is 0 Å². The van der Waals surface area contributed by atoms with Crippen molar-refractivity contribution in [3.05, 3.63) is 85.2 Å². The zero-order valence-electron chi connectivity index (χ0n) is 16.0. The van der Waals surface area contributed by atoms with Crippen molar-refractivity contribution < 1.29 is 0 Å². The van der Waals surface area contributed by atoms with Crippen molar-refractivity contribution in [2.24, 2.45) is 0 Å². The minimum absolute atomic E-state index is 0.814. The molecule has 1 N–H and O–H groups in total. The van der Waals surface area contributed by atoms with Gasteiger partial charge in [0.25, 0.3) is 0 Å². The van der Waals surface area contributed by atoms with Crippen LogP contribution < -0.4 is 5.32 Å². The number of benzene rings is 1. The minimum atomic E-state index is 0.814. The fourth-order valence-corrected chi connectivity index (χ4v) is 3.38. The van der Waals surface area contributed by atoms with Crippen LogP contribution in [0.25, 0.3) is 11.1 Å². The van der Waals surface area contributed by atoms with Crippen LogP contribution in [-0.4, -0.2) is 29.5 Å². The molecule has 1 aromatic heterocycles. The maximum atomic E-state index is 4.53. The molecule has 0 spiro atoms. The number of pyridine rings is 1. The summed E-state index contributed by atoms with van der Waals surface area (Å²) in [6.45, 7) is 11.3. The smallest absolute Gasteiger partial charge is 0.130 e. The lowest BCUT2D eigenvalue weighted by Gasteiger charge is -2.24. The summed E-state index contributed by atoms with van der Waals surface area (Å²) in [5.74, 6) is 0.814. The second kappa shape index (κ2) is 9.89. The lowest BCUT2D eigenvalue weighted by Crippen LogP contribution is -2.29. The van der Waals surface area contributed by atoms with E-state index in [1.807, 2.05) is 24.4 Å². The summed E-state index contributed by atoms with van der Waals surface area (Å²) in [7, 11) is 0. The molecule has 1 aliphatic heterocycles. The lowest BCUT2D eigenvalue weighted by atomic mass is 10.0. The van der Waals surface area contributed by atoms with Crippen molar-refractivity contribution in [3.8, 4) is 11.1 Å². The van der Waals surface area contributed by atoms with Crippen LogP contribution in [0.2, 0.25) is 0 Å². The third-order valence-corrected chi connectivity index (χ3v) is 4.82. The van der Waals surface area contributed by atoms with Gasteiger partial charge in [-0.05, 0) is 61.7 Å². The summed E-state index contributed by atoms with van der Waals surface area (Å²) in [6.07, 6.45) is 12.9. The predicted octanol–water partition coefficient (Wildman–Crippen LogP) is 5.44. The number of piperidine rings is 1. The van der Waals surface area contributed by atoms with E-state index >= 15 is 0 Å². The second-order valence-electron chi connectivity index (χ2n) is 7.04. The van der Waals surface area contributed by atoms with E-state index in [-0.39, 0.29) is 0 Å². The van der Waals surface area contributed by atoms with Gasteiger partial charge >= 0.3 is 0 Å². The van der Waals surface area contributed by atoms with E-state index < -0.39 is 0 Å². The number of likely N-dealkylation sites (tertiary alicyclic amines) is 1. The van der Waals surface area contributed by atoms with Gasteiger partial charge in [0.1, 0.15) is 5.82 Å². The fraction of sp³-hybridized carbons (Fsp3) is 0.292. The van der Waals surface area contributed by atoms with Crippen LogP contribution in [0.4, 0.5) is 5.82 Å². The van der Waals surface area contributed by atoms with Gasteiger partial charge in [-0.2, -0.15) is 0 Å². The summed E-state index contributed by atoms with van der Waals surface area (Å²) in [6, 6.07) is 12.6. The number of rotatable bonds is 8. The van der Waals surface area contributed by atoms with Gasteiger partial charge in [0.2, 0.25) is 0 Å². The summed E-state index contributed by atoms with van der Waals surface area (Å²) < 4.78 is 0. The van der Waals surface area contributed by atoms with Gasteiger partial charge in [0.15, 0.2) is 0 Å². The topological polar surface area (TPSA) is 28.2 Å². The summed E-state index contributed by atoms with van der Waals surface area (Å²) in [5, 5.41) is 3.27. The largest absolute Gasteiger partial charge is 0.341 e. The Balaban J connectivity index is 1.54. The van der Waals surface area contributed by atoms with E-state index in [2.05, 4.69) is 64.8 Å².